The first-order valence-electron chi connectivity index (χ1n) is 19.3. The van der Waals surface area contributed by atoms with Gasteiger partial charge in [0.2, 0.25) is 5.52 Å². The van der Waals surface area contributed by atoms with Crippen molar-refractivity contribution in [2.75, 3.05) is 25.1 Å². The van der Waals surface area contributed by atoms with Crippen molar-refractivity contribution in [2.24, 2.45) is 0 Å². The zero-order chi connectivity index (χ0) is 41.1. The number of hydrogen-bond acceptors (Lipinski definition) is 18. The van der Waals surface area contributed by atoms with Crippen LogP contribution in [0.2, 0.25) is 0 Å². The quantitative estimate of drug-likeness (QED) is 0.0264. The van der Waals surface area contributed by atoms with Gasteiger partial charge in [-0.05, 0) is 35.6 Å². The monoisotopic (exact) mass is 821 g/mol. The van der Waals surface area contributed by atoms with E-state index in [-0.39, 0.29) is 34.5 Å². The van der Waals surface area contributed by atoms with Gasteiger partial charge in [-0.15, -0.1) is 0 Å². The lowest BCUT2D eigenvalue weighted by molar-refractivity contribution is -0.728. The summed E-state index contributed by atoms with van der Waals surface area (Å²) in [5.74, 6) is -1.29. The molecule has 318 valence electrons. The molecule has 0 amide bonds. The molecule has 1 aliphatic rings. The number of carbonyl (C=O) groups is 2. The molecule has 2 aromatic rings. The second kappa shape index (κ2) is 24.6. The highest BCUT2D eigenvalue weighted by atomic mass is 31.2. The van der Waals surface area contributed by atoms with Gasteiger partial charge in [-0.3, -0.25) is 9.59 Å². The minimum atomic E-state index is -5.17. The summed E-state index contributed by atoms with van der Waals surface area (Å²) in [6.07, 6.45) is 0.0282. The number of esters is 2. The second-order valence-corrected chi connectivity index (χ2v) is 15.4. The Bertz CT molecular complexity index is 1470. The molecule has 0 saturated heterocycles. The molecule has 21 heteroatoms. The van der Waals surface area contributed by atoms with Crippen LogP contribution in [0.4, 0.5) is 11.4 Å². The van der Waals surface area contributed by atoms with Crippen molar-refractivity contribution in [3.8, 4) is 0 Å². The van der Waals surface area contributed by atoms with Crippen LogP contribution in [-0.2, 0) is 28.1 Å². The van der Waals surface area contributed by atoms with Gasteiger partial charge in [0, 0.05) is 25.5 Å². The van der Waals surface area contributed by atoms with Crippen LogP contribution in [0.1, 0.15) is 110 Å². The van der Waals surface area contributed by atoms with Crippen molar-refractivity contribution in [1.29, 1.82) is 0 Å². The summed E-state index contributed by atoms with van der Waals surface area (Å²) in [6.45, 7) is 1.31. The minimum absolute atomic E-state index is 0.00217. The molecule has 1 heterocycles. The predicted octanol–water partition coefficient (Wildman–Crippen LogP) is 2.40. The van der Waals surface area contributed by atoms with Crippen LogP contribution in [-0.4, -0.2) is 125 Å². The highest BCUT2D eigenvalue weighted by Crippen LogP contribution is 2.50. The molecule has 1 saturated carbocycles. The van der Waals surface area contributed by atoms with E-state index in [4.69, 9.17) is 18.5 Å². The SMILES string of the molecule is CCCCCCCCCCCCCC(=O)O[C@H](COC(=O)CCCCCNc1ccc([N+](=O)O)c2nonc12)CO[P+]([O-])(O)OC1[C@H](O)[C@H](O)C(O)[C@H](O)[C@H]1O. The first-order valence-corrected chi connectivity index (χ1v) is 20.8. The van der Waals surface area contributed by atoms with Gasteiger partial charge in [0.05, 0.1) is 10.6 Å². The number of fused-ring (bicyclic) bond motifs is 1. The summed E-state index contributed by atoms with van der Waals surface area (Å²) in [7, 11) is -5.17. The van der Waals surface area contributed by atoms with Gasteiger partial charge in [-0.1, -0.05) is 77.6 Å². The number of nitrogens with one attached hydrogen (secondary N) is 1. The smallest absolute Gasteiger partial charge is 0.377 e. The predicted molar refractivity (Wildman–Crippen MR) is 196 cm³/mol. The number of aliphatic hydroxyl groups excluding tert-OH is 5. The molecular weight excluding hydrogens is 763 g/mol. The van der Waals surface area contributed by atoms with E-state index in [1.54, 1.807) is 0 Å². The number of benzene rings is 1. The van der Waals surface area contributed by atoms with Gasteiger partial charge in [0.1, 0.15) is 43.7 Å². The number of hydrogen-bond donors (Lipinski definition) is 8. The number of carbonyl (C=O) groups excluding carboxylic acids is 2. The summed E-state index contributed by atoms with van der Waals surface area (Å²) in [6, 6.07) is 2.89. The van der Waals surface area contributed by atoms with Crippen molar-refractivity contribution in [1.82, 2.24) is 10.3 Å². The fourth-order valence-corrected chi connectivity index (χ4v) is 7.15. The lowest BCUT2D eigenvalue weighted by atomic mass is 9.85. The van der Waals surface area contributed by atoms with E-state index in [1.807, 2.05) is 0 Å². The Balaban J connectivity index is 1.44. The maximum Gasteiger partial charge on any atom is 0.377 e. The molecule has 3 rings (SSSR count). The van der Waals surface area contributed by atoms with Gasteiger partial charge < -0.3 is 45.2 Å². The molecule has 1 aliphatic carbocycles. The van der Waals surface area contributed by atoms with E-state index in [0.717, 1.165) is 25.7 Å². The Morgan fingerprint density at radius 1 is 0.804 bits per heavy atom. The zero-order valence-corrected chi connectivity index (χ0v) is 32.6. The Morgan fingerprint density at radius 3 is 1.95 bits per heavy atom. The maximum absolute atomic E-state index is 12.8. The first kappa shape index (κ1) is 47.2. The average molecular weight is 822 g/mol. The highest BCUT2D eigenvalue weighted by Gasteiger charge is 2.53. The molecule has 0 spiro atoms. The molecule has 8 atom stereocenters. The van der Waals surface area contributed by atoms with Gasteiger partial charge in [-0.25, -0.2) is 9.84 Å². The molecule has 1 aromatic carbocycles. The molecule has 1 aromatic heterocycles. The van der Waals surface area contributed by atoms with Gasteiger partial charge in [0.25, 0.3) is 4.92 Å². The molecular formula is C35H58N4O16P+. The molecule has 3 unspecified atom stereocenters. The van der Waals surface area contributed by atoms with Crippen LogP contribution in [0, 0.1) is 4.91 Å². The van der Waals surface area contributed by atoms with Crippen LogP contribution in [0.15, 0.2) is 16.8 Å². The Labute approximate surface area is 325 Å². The van der Waals surface area contributed by atoms with E-state index < -0.39 is 76.1 Å². The molecule has 56 heavy (non-hydrogen) atoms. The average Bonchev–Trinajstić information content (AvgIpc) is 3.67. The summed E-state index contributed by atoms with van der Waals surface area (Å²) < 4.78 is 25.2. The van der Waals surface area contributed by atoms with Crippen molar-refractivity contribution in [3.05, 3.63) is 17.0 Å². The van der Waals surface area contributed by atoms with Crippen molar-refractivity contribution >= 4 is 42.5 Å². The molecule has 0 aliphatic heterocycles. The zero-order valence-electron chi connectivity index (χ0n) is 31.7. The van der Waals surface area contributed by atoms with Crippen molar-refractivity contribution in [3.63, 3.8) is 0 Å². The van der Waals surface area contributed by atoms with Gasteiger partial charge in [0.15, 0.2) is 17.7 Å². The summed E-state index contributed by atoms with van der Waals surface area (Å²) in [5, 5.41) is 69.7. The number of unbranched alkanes of at least 4 members (excludes halogenated alkanes) is 12. The first-order chi connectivity index (χ1) is 26.8. The third-order valence-electron chi connectivity index (χ3n) is 9.44. The Hall–Kier alpha value is -3.17. The largest absolute Gasteiger partial charge is 0.606 e. The topological polar surface area (TPSA) is 307 Å². The van der Waals surface area contributed by atoms with Crippen molar-refractivity contribution < 1.29 is 78.2 Å². The van der Waals surface area contributed by atoms with E-state index in [0.29, 0.717) is 37.9 Å². The fraction of sp³-hybridized carbons (Fsp3) is 0.771. The number of nitrogens with zero attached hydrogens (tertiary/aromatic N) is 3. The van der Waals surface area contributed by atoms with Crippen LogP contribution < -0.4 is 10.2 Å². The number of ether oxygens (including phenoxy) is 2. The number of phosphoric ester groups is 1. The number of aliphatic hydroxyl groups is 5. The van der Waals surface area contributed by atoms with Crippen LogP contribution >= 0.6 is 8.17 Å². The maximum atomic E-state index is 12.8. The normalized spacial score (nSPS) is 22.7. The molecule has 0 radical (unpaired) electrons. The van der Waals surface area contributed by atoms with Crippen LogP contribution in [0.25, 0.3) is 11.0 Å². The number of aromatic nitrogens is 2. The number of phosphoric acid groups is 1. The van der Waals surface area contributed by atoms with Crippen LogP contribution in [0.3, 0.4) is 0 Å². The fourth-order valence-electron chi connectivity index (χ4n) is 6.18. The molecule has 8 N–H and O–H groups in total. The van der Waals surface area contributed by atoms with E-state index in [1.165, 1.54) is 50.7 Å². The third-order valence-corrected chi connectivity index (χ3v) is 10.4. The van der Waals surface area contributed by atoms with Gasteiger partial charge >= 0.3 is 25.8 Å². The molecule has 0 bridgehead atoms. The van der Waals surface area contributed by atoms with E-state index >= 15 is 0 Å². The van der Waals surface area contributed by atoms with Crippen molar-refractivity contribution in [2.45, 2.75) is 152 Å². The number of rotatable bonds is 28. The number of anilines is 1. The summed E-state index contributed by atoms with van der Waals surface area (Å²) >= 11 is 0. The molecule has 1 fully saturated rings. The summed E-state index contributed by atoms with van der Waals surface area (Å²) in [4.78, 5) is 59.3. The Kier molecular flexibility index (Phi) is 20.7. The second-order valence-electron chi connectivity index (χ2n) is 14.0. The lowest BCUT2D eigenvalue weighted by Gasteiger charge is -2.41. The summed E-state index contributed by atoms with van der Waals surface area (Å²) in [5.41, 5.74) is 0.731. The van der Waals surface area contributed by atoms with Gasteiger partial charge in [-0.2, -0.15) is 13.9 Å². The van der Waals surface area contributed by atoms with E-state index in [2.05, 4.69) is 27.2 Å². The molecule has 20 nitrogen and oxygen atoms in total. The van der Waals surface area contributed by atoms with E-state index in [9.17, 15) is 55.0 Å². The lowest BCUT2D eigenvalue weighted by Crippen LogP contribution is -2.64. The third kappa shape index (κ3) is 15.6. The highest BCUT2D eigenvalue weighted by molar-refractivity contribution is 7.52. The Morgan fingerprint density at radius 2 is 1.34 bits per heavy atom. The van der Waals surface area contributed by atoms with Crippen LogP contribution in [0.5, 0.6) is 0 Å². The standard InChI is InChI=1S/C35H57N4O16P/c1-2-3-4-5-6-7-8-9-10-11-13-17-27(41)53-23(22-52-56(49,50)54-35-33(45)31(43)30(42)32(44)34(35)46)21-51-26(40)16-14-12-15-20-36-24-18-19-25(39(47)48)29-28(24)37-55-38-29/h18-19,23,30-35,42-46H,2-17,20-22H2,1H3,(H2-,36,38,47,48,49,50)/p+1/t23-,30?,31-,32+,33-,34-,35?/m1/s1. The minimum Gasteiger partial charge on any atom is -0.606 e.